The molecule has 0 amide bonds. The smallest absolute Gasteiger partial charge is 0.305 e. The molecule has 1 aromatic rings. The van der Waals surface area contributed by atoms with E-state index in [2.05, 4.69) is 4.74 Å². The van der Waals surface area contributed by atoms with E-state index in [1.165, 1.54) is 7.11 Å². The maximum Gasteiger partial charge on any atom is 0.305 e. The van der Waals surface area contributed by atoms with E-state index in [-0.39, 0.29) is 12.0 Å². The van der Waals surface area contributed by atoms with Crippen LogP contribution in [0.15, 0.2) is 18.2 Å². The minimum atomic E-state index is -0.218. The highest BCUT2D eigenvalue weighted by atomic mass is 16.5. The van der Waals surface area contributed by atoms with E-state index in [9.17, 15) is 4.79 Å². The van der Waals surface area contributed by atoms with Crippen LogP contribution in [0.4, 0.5) is 0 Å². The lowest BCUT2D eigenvalue weighted by Gasteiger charge is -2.16. The molecule has 2 N–H and O–H groups in total. The first-order valence-corrected chi connectivity index (χ1v) is 6.16. The molecule has 1 rings (SSSR count). The van der Waals surface area contributed by atoms with E-state index in [0.29, 0.717) is 19.3 Å². The van der Waals surface area contributed by atoms with Crippen LogP contribution in [0.3, 0.4) is 0 Å². The van der Waals surface area contributed by atoms with Crippen LogP contribution in [0.5, 0.6) is 11.5 Å². The maximum absolute atomic E-state index is 11.0. The van der Waals surface area contributed by atoms with E-state index in [1.54, 1.807) is 14.2 Å². The first kappa shape index (κ1) is 15.3. The summed E-state index contributed by atoms with van der Waals surface area (Å²) in [4.78, 5) is 11.0. The van der Waals surface area contributed by atoms with Crippen molar-refractivity contribution in [3.63, 3.8) is 0 Å². The Morgan fingerprint density at radius 2 is 2.00 bits per heavy atom. The van der Waals surface area contributed by atoms with Crippen molar-refractivity contribution in [2.24, 2.45) is 5.73 Å². The average molecular weight is 267 g/mol. The van der Waals surface area contributed by atoms with Crippen molar-refractivity contribution in [1.82, 2.24) is 0 Å². The zero-order valence-electron chi connectivity index (χ0n) is 11.6. The van der Waals surface area contributed by atoms with Gasteiger partial charge in [-0.25, -0.2) is 0 Å². The summed E-state index contributed by atoms with van der Waals surface area (Å²) in [7, 11) is 4.59. The van der Waals surface area contributed by atoms with Gasteiger partial charge in [0.1, 0.15) is 11.5 Å². The Hall–Kier alpha value is -1.75. The summed E-state index contributed by atoms with van der Waals surface area (Å²) in [5.41, 5.74) is 7.02. The molecule has 0 saturated carbocycles. The summed E-state index contributed by atoms with van der Waals surface area (Å²) in [5.74, 6) is 1.25. The monoisotopic (exact) mass is 267 g/mol. The van der Waals surface area contributed by atoms with Crippen molar-refractivity contribution in [3.8, 4) is 11.5 Å². The molecule has 106 valence electrons. The third kappa shape index (κ3) is 4.44. The zero-order valence-corrected chi connectivity index (χ0v) is 11.6. The van der Waals surface area contributed by atoms with Crippen LogP contribution in [0.1, 0.15) is 30.9 Å². The maximum atomic E-state index is 11.0. The Labute approximate surface area is 113 Å². The quantitative estimate of drug-likeness (QED) is 0.765. The van der Waals surface area contributed by atoms with Gasteiger partial charge in [-0.2, -0.15) is 0 Å². The lowest BCUT2D eigenvalue weighted by Crippen LogP contribution is -2.12. The van der Waals surface area contributed by atoms with Gasteiger partial charge in [0.05, 0.1) is 21.3 Å². The van der Waals surface area contributed by atoms with Crippen molar-refractivity contribution < 1.29 is 19.0 Å². The molecule has 0 aliphatic rings. The highest BCUT2D eigenvalue weighted by Gasteiger charge is 2.14. The molecule has 0 radical (unpaired) electrons. The van der Waals surface area contributed by atoms with Gasteiger partial charge in [0.15, 0.2) is 0 Å². The van der Waals surface area contributed by atoms with Gasteiger partial charge in [0, 0.05) is 18.0 Å². The molecule has 0 saturated heterocycles. The van der Waals surface area contributed by atoms with Gasteiger partial charge in [-0.1, -0.05) is 0 Å². The molecule has 0 spiro atoms. The second kappa shape index (κ2) is 7.63. The van der Waals surface area contributed by atoms with Gasteiger partial charge in [-0.05, 0) is 31.0 Å². The first-order valence-electron chi connectivity index (χ1n) is 6.16. The Kier molecular flexibility index (Phi) is 6.15. The molecule has 0 aromatic heterocycles. The normalized spacial score (nSPS) is 11.8. The lowest BCUT2D eigenvalue weighted by atomic mass is 10.0. The molecule has 0 aliphatic heterocycles. The lowest BCUT2D eigenvalue weighted by molar-refractivity contribution is -0.140. The molecule has 0 aliphatic carbocycles. The Morgan fingerprint density at radius 3 is 2.58 bits per heavy atom. The fourth-order valence-electron chi connectivity index (χ4n) is 1.85. The summed E-state index contributed by atoms with van der Waals surface area (Å²) < 4.78 is 15.1. The standard InChI is InChI=1S/C14H21NO4/c1-17-10-7-8-13(18-2)11(9-10)12(15)5-4-6-14(16)19-3/h7-9,12H,4-6,15H2,1-3H3. The van der Waals surface area contributed by atoms with Crippen LogP contribution in [0.2, 0.25) is 0 Å². The second-order valence-corrected chi connectivity index (χ2v) is 4.18. The second-order valence-electron chi connectivity index (χ2n) is 4.18. The molecule has 1 atom stereocenters. The van der Waals surface area contributed by atoms with Crippen LogP contribution in [0.25, 0.3) is 0 Å². The van der Waals surface area contributed by atoms with Crippen LogP contribution < -0.4 is 15.2 Å². The van der Waals surface area contributed by atoms with E-state index in [1.807, 2.05) is 18.2 Å². The number of carbonyl (C=O) groups excluding carboxylic acids is 1. The molecular formula is C14H21NO4. The molecule has 1 aromatic carbocycles. The molecular weight excluding hydrogens is 246 g/mol. The van der Waals surface area contributed by atoms with Gasteiger partial charge < -0.3 is 19.9 Å². The molecule has 0 bridgehead atoms. The predicted molar refractivity (Wildman–Crippen MR) is 72.3 cm³/mol. The molecule has 19 heavy (non-hydrogen) atoms. The fourth-order valence-corrected chi connectivity index (χ4v) is 1.85. The van der Waals surface area contributed by atoms with Crippen LogP contribution in [-0.2, 0) is 9.53 Å². The summed E-state index contributed by atoms with van der Waals surface area (Å²) in [6.45, 7) is 0. The number of benzene rings is 1. The van der Waals surface area contributed by atoms with Gasteiger partial charge in [0.2, 0.25) is 0 Å². The van der Waals surface area contributed by atoms with Gasteiger partial charge >= 0.3 is 5.97 Å². The predicted octanol–water partition coefficient (Wildman–Crippen LogP) is 2.05. The molecule has 5 nitrogen and oxygen atoms in total. The van der Waals surface area contributed by atoms with Crippen molar-refractivity contribution in [1.29, 1.82) is 0 Å². The highest BCUT2D eigenvalue weighted by Crippen LogP contribution is 2.30. The first-order chi connectivity index (χ1) is 9.12. The minimum absolute atomic E-state index is 0.199. The Balaban J connectivity index is 2.69. The molecule has 1 unspecified atom stereocenters. The number of hydrogen-bond acceptors (Lipinski definition) is 5. The number of methoxy groups -OCH3 is 3. The Morgan fingerprint density at radius 1 is 1.26 bits per heavy atom. The summed E-state index contributed by atoms with van der Waals surface area (Å²) >= 11 is 0. The number of ether oxygens (including phenoxy) is 3. The number of rotatable bonds is 7. The molecule has 0 heterocycles. The van der Waals surface area contributed by atoms with Crippen molar-refractivity contribution in [2.75, 3.05) is 21.3 Å². The SMILES string of the molecule is COC(=O)CCCC(N)c1cc(OC)ccc1OC. The van der Waals surface area contributed by atoms with E-state index < -0.39 is 0 Å². The Bertz CT molecular complexity index is 420. The van der Waals surface area contributed by atoms with Crippen molar-refractivity contribution in [3.05, 3.63) is 23.8 Å². The van der Waals surface area contributed by atoms with Crippen LogP contribution in [0, 0.1) is 0 Å². The summed E-state index contributed by atoms with van der Waals surface area (Å²) in [5, 5.41) is 0. The average Bonchev–Trinajstić information content (AvgIpc) is 2.45. The van der Waals surface area contributed by atoms with E-state index in [4.69, 9.17) is 15.2 Å². The molecule has 5 heteroatoms. The zero-order chi connectivity index (χ0) is 14.3. The third-order valence-electron chi connectivity index (χ3n) is 2.96. The fraction of sp³-hybridized carbons (Fsp3) is 0.500. The molecule has 0 fully saturated rings. The summed E-state index contributed by atoms with van der Waals surface area (Å²) in [6.07, 6.45) is 1.73. The van der Waals surface area contributed by atoms with Gasteiger partial charge in [-0.15, -0.1) is 0 Å². The number of esters is 1. The minimum Gasteiger partial charge on any atom is -0.497 e. The third-order valence-corrected chi connectivity index (χ3v) is 2.96. The van der Waals surface area contributed by atoms with Crippen molar-refractivity contribution >= 4 is 5.97 Å². The van der Waals surface area contributed by atoms with Crippen LogP contribution in [-0.4, -0.2) is 27.3 Å². The topological polar surface area (TPSA) is 70.8 Å². The van der Waals surface area contributed by atoms with E-state index in [0.717, 1.165) is 17.1 Å². The highest BCUT2D eigenvalue weighted by molar-refractivity contribution is 5.69. The van der Waals surface area contributed by atoms with Crippen LogP contribution >= 0.6 is 0 Å². The number of hydrogen-bond donors (Lipinski definition) is 1. The largest absolute Gasteiger partial charge is 0.497 e. The van der Waals surface area contributed by atoms with E-state index >= 15 is 0 Å². The number of carbonyl (C=O) groups is 1. The van der Waals surface area contributed by atoms with Crippen molar-refractivity contribution in [2.45, 2.75) is 25.3 Å². The summed E-state index contributed by atoms with van der Waals surface area (Å²) in [6, 6.07) is 5.31. The number of nitrogens with two attached hydrogens (primary N) is 1. The van der Waals surface area contributed by atoms with Gasteiger partial charge in [0.25, 0.3) is 0 Å². The van der Waals surface area contributed by atoms with Gasteiger partial charge in [-0.3, -0.25) is 4.79 Å².